The van der Waals surface area contributed by atoms with E-state index in [4.69, 9.17) is 9.88 Å². The lowest BCUT2D eigenvalue weighted by Gasteiger charge is -2.08. The maximum atomic E-state index is 10.9. The van der Waals surface area contributed by atoms with Gasteiger partial charge < -0.3 is 4.74 Å². The van der Waals surface area contributed by atoms with Crippen molar-refractivity contribution >= 4 is 10.0 Å². The zero-order chi connectivity index (χ0) is 11.5. The van der Waals surface area contributed by atoms with Gasteiger partial charge in [0.2, 0.25) is 10.0 Å². The van der Waals surface area contributed by atoms with E-state index in [2.05, 4.69) is 0 Å². The minimum Gasteiger partial charge on any atom is -0.493 e. The van der Waals surface area contributed by atoms with Crippen LogP contribution in [0.25, 0.3) is 0 Å². The Morgan fingerprint density at radius 2 is 1.80 bits per heavy atom. The molecular weight excluding hydrogens is 214 g/mol. The number of rotatable bonds is 4. The Morgan fingerprint density at radius 1 is 1.27 bits per heavy atom. The number of ether oxygens (including phenoxy) is 1. The average molecular weight is 229 g/mol. The van der Waals surface area contributed by atoms with Gasteiger partial charge in [0.15, 0.2) is 0 Å². The average Bonchev–Trinajstić information content (AvgIpc) is 2.14. The Kier molecular flexibility index (Phi) is 3.71. The lowest BCUT2D eigenvalue weighted by atomic mass is 10.2. The van der Waals surface area contributed by atoms with Crippen molar-refractivity contribution in [1.82, 2.24) is 0 Å². The summed E-state index contributed by atoms with van der Waals surface area (Å²) in [4.78, 5) is 0.0967. The highest BCUT2D eigenvalue weighted by Crippen LogP contribution is 2.15. The summed E-state index contributed by atoms with van der Waals surface area (Å²) >= 11 is 0. The molecule has 0 saturated carbocycles. The third-order valence-electron chi connectivity index (χ3n) is 1.74. The van der Waals surface area contributed by atoms with Crippen LogP contribution in [0.1, 0.15) is 13.8 Å². The van der Waals surface area contributed by atoms with Gasteiger partial charge in [0, 0.05) is 0 Å². The summed E-state index contributed by atoms with van der Waals surface area (Å²) in [6.45, 7) is 4.69. The summed E-state index contributed by atoms with van der Waals surface area (Å²) in [5, 5.41) is 4.96. The van der Waals surface area contributed by atoms with Gasteiger partial charge in [0.1, 0.15) is 5.75 Å². The highest BCUT2D eigenvalue weighted by atomic mass is 32.2. The van der Waals surface area contributed by atoms with Crippen molar-refractivity contribution in [1.29, 1.82) is 0 Å². The van der Waals surface area contributed by atoms with Crippen molar-refractivity contribution in [2.24, 2.45) is 11.1 Å². The molecule has 0 saturated heterocycles. The molecule has 0 unspecified atom stereocenters. The molecular formula is C10H15NO3S. The zero-order valence-electron chi connectivity index (χ0n) is 8.80. The Morgan fingerprint density at radius 3 is 2.20 bits per heavy atom. The molecule has 84 valence electrons. The van der Waals surface area contributed by atoms with E-state index < -0.39 is 10.0 Å². The van der Waals surface area contributed by atoms with Crippen LogP contribution >= 0.6 is 0 Å². The van der Waals surface area contributed by atoms with Crippen LogP contribution in [0.3, 0.4) is 0 Å². The van der Waals surface area contributed by atoms with Gasteiger partial charge in [-0.25, -0.2) is 13.6 Å². The second-order valence-corrected chi connectivity index (χ2v) is 5.28. The maximum absolute atomic E-state index is 10.9. The lowest BCUT2D eigenvalue weighted by molar-refractivity contribution is 0.271. The van der Waals surface area contributed by atoms with Crippen molar-refractivity contribution in [3.63, 3.8) is 0 Å². The molecule has 0 aliphatic rings. The summed E-state index contributed by atoms with van der Waals surface area (Å²) in [6.07, 6.45) is 0. The van der Waals surface area contributed by atoms with Crippen LogP contribution < -0.4 is 9.88 Å². The van der Waals surface area contributed by atoms with E-state index in [-0.39, 0.29) is 4.90 Å². The van der Waals surface area contributed by atoms with Crippen LogP contribution in [-0.2, 0) is 10.0 Å². The molecule has 0 aliphatic heterocycles. The topological polar surface area (TPSA) is 69.4 Å². The van der Waals surface area contributed by atoms with Crippen molar-refractivity contribution in [2.75, 3.05) is 6.61 Å². The molecule has 0 aliphatic carbocycles. The first kappa shape index (κ1) is 12.0. The van der Waals surface area contributed by atoms with Crippen LogP contribution in [0.5, 0.6) is 5.75 Å². The first-order chi connectivity index (χ1) is 6.89. The van der Waals surface area contributed by atoms with Gasteiger partial charge in [-0.05, 0) is 30.2 Å². The maximum Gasteiger partial charge on any atom is 0.238 e. The molecule has 0 amide bonds. The smallest absolute Gasteiger partial charge is 0.238 e. The van der Waals surface area contributed by atoms with Crippen LogP contribution in [0, 0.1) is 5.92 Å². The lowest BCUT2D eigenvalue weighted by Crippen LogP contribution is -2.12. The molecule has 1 rings (SSSR count). The van der Waals surface area contributed by atoms with Crippen LogP contribution in [-0.4, -0.2) is 15.0 Å². The zero-order valence-corrected chi connectivity index (χ0v) is 9.62. The first-order valence-corrected chi connectivity index (χ1v) is 6.20. The summed E-state index contributed by atoms with van der Waals surface area (Å²) in [6, 6.07) is 6.07. The van der Waals surface area contributed by atoms with E-state index in [1.165, 1.54) is 12.1 Å². The fourth-order valence-corrected chi connectivity index (χ4v) is 1.50. The Labute approximate surface area is 90.1 Å². The number of primary sulfonamides is 1. The second kappa shape index (κ2) is 4.63. The molecule has 2 N–H and O–H groups in total. The molecule has 0 radical (unpaired) electrons. The third-order valence-corrected chi connectivity index (χ3v) is 2.66. The molecule has 0 atom stereocenters. The molecule has 0 fully saturated rings. The summed E-state index contributed by atoms with van der Waals surface area (Å²) in [7, 11) is -3.61. The number of hydrogen-bond acceptors (Lipinski definition) is 3. The van der Waals surface area contributed by atoms with Gasteiger partial charge in [0.25, 0.3) is 0 Å². The van der Waals surface area contributed by atoms with Gasteiger partial charge in [-0.2, -0.15) is 0 Å². The Bertz CT molecular complexity index is 409. The Balaban J connectivity index is 2.73. The quantitative estimate of drug-likeness (QED) is 0.847. The van der Waals surface area contributed by atoms with Crippen molar-refractivity contribution in [3.05, 3.63) is 24.3 Å². The minimum atomic E-state index is -3.61. The number of sulfonamides is 1. The van der Waals surface area contributed by atoms with E-state index in [0.717, 1.165) is 0 Å². The number of nitrogens with two attached hydrogens (primary N) is 1. The molecule has 5 heteroatoms. The van der Waals surface area contributed by atoms with Crippen LogP contribution in [0.2, 0.25) is 0 Å². The molecule has 0 bridgehead atoms. The normalized spacial score (nSPS) is 11.7. The summed E-state index contributed by atoms with van der Waals surface area (Å²) in [5.74, 6) is 1.08. The van der Waals surface area contributed by atoms with Crippen molar-refractivity contribution in [2.45, 2.75) is 18.7 Å². The third kappa shape index (κ3) is 3.89. The number of benzene rings is 1. The van der Waals surface area contributed by atoms with Gasteiger partial charge in [-0.15, -0.1) is 0 Å². The predicted molar refractivity (Wildman–Crippen MR) is 58.1 cm³/mol. The van der Waals surface area contributed by atoms with Crippen molar-refractivity contribution in [3.8, 4) is 5.75 Å². The molecule has 1 aromatic rings. The van der Waals surface area contributed by atoms with E-state index in [0.29, 0.717) is 18.3 Å². The van der Waals surface area contributed by atoms with Gasteiger partial charge >= 0.3 is 0 Å². The predicted octanol–water partition coefficient (Wildman–Crippen LogP) is 1.37. The highest BCUT2D eigenvalue weighted by molar-refractivity contribution is 7.89. The molecule has 0 aromatic heterocycles. The Hall–Kier alpha value is -1.07. The van der Waals surface area contributed by atoms with Crippen LogP contribution in [0.15, 0.2) is 29.2 Å². The highest BCUT2D eigenvalue weighted by Gasteiger charge is 2.06. The van der Waals surface area contributed by atoms with E-state index in [9.17, 15) is 8.42 Å². The van der Waals surface area contributed by atoms with E-state index in [1.807, 2.05) is 13.8 Å². The first-order valence-electron chi connectivity index (χ1n) is 4.65. The van der Waals surface area contributed by atoms with Crippen LogP contribution in [0.4, 0.5) is 0 Å². The van der Waals surface area contributed by atoms with Crippen molar-refractivity contribution < 1.29 is 13.2 Å². The van der Waals surface area contributed by atoms with E-state index >= 15 is 0 Å². The molecule has 4 nitrogen and oxygen atoms in total. The second-order valence-electron chi connectivity index (χ2n) is 3.72. The SMILES string of the molecule is CC(C)COc1ccc(S(N)(=O)=O)cc1. The molecule has 0 heterocycles. The number of hydrogen-bond donors (Lipinski definition) is 1. The fourth-order valence-electron chi connectivity index (χ4n) is 0.988. The standard InChI is InChI=1S/C10H15NO3S/c1-8(2)7-14-9-3-5-10(6-4-9)15(11,12)13/h3-6,8H,7H2,1-2H3,(H2,11,12,13). The monoisotopic (exact) mass is 229 g/mol. The molecule has 15 heavy (non-hydrogen) atoms. The summed E-state index contributed by atoms with van der Waals surface area (Å²) in [5.41, 5.74) is 0. The minimum absolute atomic E-state index is 0.0967. The summed E-state index contributed by atoms with van der Waals surface area (Å²) < 4.78 is 27.3. The molecule has 0 spiro atoms. The van der Waals surface area contributed by atoms with E-state index in [1.54, 1.807) is 12.1 Å². The largest absolute Gasteiger partial charge is 0.493 e. The molecule has 1 aromatic carbocycles. The van der Waals surface area contributed by atoms with Gasteiger partial charge in [-0.1, -0.05) is 13.8 Å². The van der Waals surface area contributed by atoms with Gasteiger partial charge in [-0.3, -0.25) is 0 Å². The van der Waals surface area contributed by atoms with Gasteiger partial charge in [0.05, 0.1) is 11.5 Å². The fraction of sp³-hybridized carbons (Fsp3) is 0.400.